The molecule has 2 rings (SSSR count). The molecule has 0 saturated carbocycles. The normalized spacial score (nSPS) is 10.9. The van der Waals surface area contributed by atoms with Crippen molar-refractivity contribution in [2.45, 2.75) is 13.8 Å². The molecule has 0 aliphatic rings. The maximum Gasteiger partial charge on any atom is 0.150 e. The van der Waals surface area contributed by atoms with Crippen LogP contribution in [0.25, 0.3) is 10.9 Å². The monoisotopic (exact) mass is 300 g/mol. The molecule has 0 bridgehead atoms. The summed E-state index contributed by atoms with van der Waals surface area (Å²) in [6.45, 7) is 3.60. The van der Waals surface area contributed by atoms with Gasteiger partial charge in [0.15, 0.2) is 5.82 Å². The summed E-state index contributed by atoms with van der Waals surface area (Å²) in [7, 11) is 1.68. The number of rotatable bonds is 1. The van der Waals surface area contributed by atoms with Gasteiger partial charge < -0.3 is 5.32 Å². The fourth-order valence-electron chi connectivity index (χ4n) is 1.86. The highest BCUT2D eigenvalue weighted by Gasteiger charge is 2.18. The van der Waals surface area contributed by atoms with E-state index in [4.69, 9.17) is 0 Å². The molecule has 0 amide bonds. The smallest absolute Gasteiger partial charge is 0.150 e. The Balaban J connectivity index is 3.06. The lowest BCUT2D eigenvalue weighted by Crippen LogP contribution is -2.02. The van der Waals surface area contributed by atoms with Crippen LogP contribution in [0.4, 0.5) is 14.5 Å². The van der Waals surface area contributed by atoms with E-state index in [9.17, 15) is 8.78 Å². The molecule has 0 atom stereocenters. The molecular weight excluding hydrogens is 290 g/mol. The molecule has 5 heteroatoms. The first-order valence-corrected chi connectivity index (χ1v) is 5.88. The second-order valence-electron chi connectivity index (χ2n) is 3.83. The Bertz CT molecular complexity index is 611. The van der Waals surface area contributed by atoms with Crippen LogP contribution in [-0.4, -0.2) is 12.0 Å². The van der Waals surface area contributed by atoms with Crippen molar-refractivity contribution in [3.63, 3.8) is 0 Å². The lowest BCUT2D eigenvalue weighted by Gasteiger charge is -2.13. The first kappa shape index (κ1) is 12.2. The van der Waals surface area contributed by atoms with Crippen LogP contribution in [0.2, 0.25) is 0 Å². The number of anilines is 1. The summed E-state index contributed by atoms with van der Waals surface area (Å²) in [6.07, 6.45) is 0. The molecule has 2 aromatic rings. The molecule has 1 aromatic heterocycles. The second kappa shape index (κ2) is 4.22. The highest BCUT2D eigenvalue weighted by atomic mass is 79.9. The van der Waals surface area contributed by atoms with Gasteiger partial charge in [-0.3, -0.25) is 0 Å². The van der Waals surface area contributed by atoms with Crippen molar-refractivity contribution < 1.29 is 8.78 Å². The van der Waals surface area contributed by atoms with E-state index in [2.05, 4.69) is 26.2 Å². The summed E-state index contributed by atoms with van der Waals surface area (Å²) in [5.74, 6) is -1.03. The van der Waals surface area contributed by atoms with E-state index in [1.807, 2.05) is 6.92 Å². The first-order valence-electron chi connectivity index (χ1n) is 5.09. The molecule has 1 N–H and O–H groups in total. The van der Waals surface area contributed by atoms with Crippen LogP contribution < -0.4 is 5.32 Å². The molecule has 1 heterocycles. The highest BCUT2D eigenvalue weighted by molar-refractivity contribution is 9.10. The number of fused-ring (bicyclic) bond motifs is 1. The summed E-state index contributed by atoms with van der Waals surface area (Å²) in [5, 5.41) is 3.09. The minimum absolute atomic E-state index is 0.0538. The van der Waals surface area contributed by atoms with E-state index in [0.717, 1.165) is 11.6 Å². The summed E-state index contributed by atoms with van der Waals surface area (Å²) >= 11 is 3.00. The molecule has 0 fully saturated rings. The van der Waals surface area contributed by atoms with Gasteiger partial charge >= 0.3 is 0 Å². The van der Waals surface area contributed by atoms with Crippen LogP contribution in [-0.2, 0) is 0 Å². The number of pyridine rings is 1. The van der Waals surface area contributed by atoms with Gasteiger partial charge in [-0.1, -0.05) is 0 Å². The maximum atomic E-state index is 14.0. The zero-order valence-electron chi connectivity index (χ0n) is 9.66. The molecule has 2 nitrogen and oxygen atoms in total. The molecular formula is C12H11BrF2N2. The summed E-state index contributed by atoms with van der Waals surface area (Å²) in [6, 6.07) is 1.10. The second-order valence-corrected chi connectivity index (χ2v) is 4.68. The minimum Gasteiger partial charge on any atom is -0.387 e. The Hall–Kier alpha value is -1.23. The summed E-state index contributed by atoms with van der Waals surface area (Å²) in [5.41, 5.74) is 2.13. The first-order chi connectivity index (χ1) is 7.97. The van der Waals surface area contributed by atoms with Gasteiger partial charge in [0.25, 0.3) is 0 Å². The van der Waals surface area contributed by atoms with Crippen LogP contribution in [0.1, 0.15) is 11.3 Å². The predicted octanol–water partition coefficient (Wildman–Crippen LogP) is 3.93. The van der Waals surface area contributed by atoms with Crippen LogP contribution in [0.3, 0.4) is 0 Å². The number of hydrogen-bond donors (Lipinski definition) is 1. The molecule has 1 aromatic carbocycles. The Kier molecular flexibility index (Phi) is 3.03. The number of halogens is 3. The van der Waals surface area contributed by atoms with Gasteiger partial charge in [0.2, 0.25) is 0 Å². The van der Waals surface area contributed by atoms with Gasteiger partial charge in [-0.25, -0.2) is 13.8 Å². The topological polar surface area (TPSA) is 24.9 Å². The van der Waals surface area contributed by atoms with Crippen LogP contribution in [0.5, 0.6) is 0 Å². The van der Waals surface area contributed by atoms with Crippen LogP contribution in [0, 0.1) is 25.5 Å². The average Bonchev–Trinajstić information content (AvgIpc) is 2.28. The lowest BCUT2D eigenvalue weighted by atomic mass is 10.1. The van der Waals surface area contributed by atoms with E-state index < -0.39 is 11.6 Å². The Morgan fingerprint density at radius 2 is 1.94 bits per heavy atom. The number of aryl methyl sites for hydroxylation is 1. The largest absolute Gasteiger partial charge is 0.387 e. The van der Waals surface area contributed by atoms with Gasteiger partial charge in [0.1, 0.15) is 11.3 Å². The number of aromatic nitrogens is 1. The molecule has 17 heavy (non-hydrogen) atoms. The molecule has 0 saturated heterocycles. The molecule has 90 valence electrons. The van der Waals surface area contributed by atoms with Crippen molar-refractivity contribution in [2.24, 2.45) is 0 Å². The minimum atomic E-state index is -0.534. The fourth-order valence-corrected chi connectivity index (χ4v) is 2.25. The van der Waals surface area contributed by atoms with Gasteiger partial charge in [-0.15, -0.1) is 0 Å². The van der Waals surface area contributed by atoms with Crippen molar-refractivity contribution in [2.75, 3.05) is 12.4 Å². The Morgan fingerprint density at radius 1 is 1.29 bits per heavy atom. The molecule has 0 radical (unpaired) electrons. The highest BCUT2D eigenvalue weighted by Crippen LogP contribution is 2.34. The Morgan fingerprint density at radius 3 is 2.53 bits per heavy atom. The van der Waals surface area contributed by atoms with E-state index in [-0.39, 0.29) is 15.4 Å². The zero-order valence-corrected chi connectivity index (χ0v) is 11.2. The number of nitrogens with one attached hydrogen (secondary N) is 1. The molecule has 0 aliphatic heterocycles. The van der Waals surface area contributed by atoms with Gasteiger partial charge in [-0.2, -0.15) is 0 Å². The van der Waals surface area contributed by atoms with Gasteiger partial charge in [0, 0.05) is 12.7 Å². The van der Waals surface area contributed by atoms with E-state index in [0.29, 0.717) is 11.4 Å². The third-order valence-electron chi connectivity index (χ3n) is 2.84. The van der Waals surface area contributed by atoms with Crippen LogP contribution in [0.15, 0.2) is 10.5 Å². The van der Waals surface area contributed by atoms with Crippen molar-refractivity contribution in [1.29, 1.82) is 0 Å². The van der Waals surface area contributed by atoms with Crippen LogP contribution >= 0.6 is 15.9 Å². The van der Waals surface area contributed by atoms with Crippen molar-refractivity contribution in [1.82, 2.24) is 4.98 Å². The maximum absolute atomic E-state index is 14.0. The zero-order chi connectivity index (χ0) is 12.7. The van der Waals surface area contributed by atoms with Gasteiger partial charge in [-0.05, 0) is 41.4 Å². The summed E-state index contributed by atoms with van der Waals surface area (Å²) < 4.78 is 27.9. The molecule has 0 spiro atoms. The molecule has 0 aliphatic carbocycles. The number of benzene rings is 1. The standard InChI is InChI=1S/C12H11BrF2N2/c1-5-6(2)17-12-8(14)4-7(13)10(15)9(12)11(5)16-3/h4H,1-3H3,(H,16,17). The van der Waals surface area contributed by atoms with E-state index in [1.165, 1.54) is 0 Å². The number of nitrogens with zero attached hydrogens (tertiary/aromatic N) is 1. The Labute approximate surface area is 106 Å². The lowest BCUT2D eigenvalue weighted by molar-refractivity contribution is 0.609. The third kappa shape index (κ3) is 1.78. The van der Waals surface area contributed by atoms with Crippen molar-refractivity contribution >= 4 is 32.5 Å². The van der Waals surface area contributed by atoms with Gasteiger partial charge in [0.05, 0.1) is 15.5 Å². The SMILES string of the molecule is CNc1c(C)c(C)nc2c(F)cc(Br)c(F)c12. The predicted molar refractivity (Wildman–Crippen MR) is 68.4 cm³/mol. The molecule has 0 unspecified atom stereocenters. The van der Waals surface area contributed by atoms with Crippen molar-refractivity contribution in [3.8, 4) is 0 Å². The van der Waals surface area contributed by atoms with E-state index >= 15 is 0 Å². The third-order valence-corrected chi connectivity index (χ3v) is 3.42. The van der Waals surface area contributed by atoms with E-state index in [1.54, 1.807) is 14.0 Å². The summed E-state index contributed by atoms with van der Waals surface area (Å²) in [4.78, 5) is 4.11. The quantitative estimate of drug-likeness (QED) is 0.807. The number of hydrogen-bond acceptors (Lipinski definition) is 2. The average molecular weight is 301 g/mol. The van der Waals surface area contributed by atoms with Crippen molar-refractivity contribution in [3.05, 3.63) is 33.4 Å². The fraction of sp³-hybridized carbons (Fsp3) is 0.250.